The predicted molar refractivity (Wildman–Crippen MR) is 104 cm³/mol. The molecular weight excluding hydrogens is 388 g/mol. The second kappa shape index (κ2) is 8.45. The maximum Gasteiger partial charge on any atom is 0.338 e. The molecule has 6 nitrogen and oxygen atoms in total. The molecule has 0 spiro atoms. The van der Waals surface area contributed by atoms with Gasteiger partial charge in [-0.25, -0.2) is 9.59 Å². The van der Waals surface area contributed by atoms with E-state index in [-0.39, 0.29) is 19.2 Å². The van der Waals surface area contributed by atoms with E-state index in [1.54, 1.807) is 38.2 Å². The summed E-state index contributed by atoms with van der Waals surface area (Å²) in [7, 11) is 1.59. The molecule has 1 aliphatic rings. The van der Waals surface area contributed by atoms with Crippen LogP contribution in [0.3, 0.4) is 0 Å². The molecule has 2 aromatic rings. The zero-order valence-electron chi connectivity index (χ0n) is 14.9. The number of benzene rings is 1. The standard InChI is InChI=1S/C19H19ClN2O4S/c1-3-25-18(23)16-15(10-26-14-6-4-5-13(20)9-14)22(2)19(24)21-17(16)12-7-8-27-11-12/h4-9,11,17H,3,10H2,1-2H3,(H,21,24). The first kappa shape index (κ1) is 19.3. The summed E-state index contributed by atoms with van der Waals surface area (Å²) in [5.41, 5.74) is 1.64. The summed E-state index contributed by atoms with van der Waals surface area (Å²) >= 11 is 7.48. The second-order valence-corrected chi connectivity index (χ2v) is 7.04. The van der Waals surface area contributed by atoms with E-state index in [0.717, 1.165) is 5.56 Å². The lowest BCUT2D eigenvalue weighted by atomic mass is 9.97. The number of nitrogens with zero attached hydrogens (tertiary/aromatic N) is 1. The van der Waals surface area contributed by atoms with E-state index in [1.807, 2.05) is 16.8 Å². The third kappa shape index (κ3) is 4.26. The van der Waals surface area contributed by atoms with Crippen LogP contribution in [0.5, 0.6) is 5.75 Å². The Kier molecular flexibility index (Phi) is 6.03. The first-order valence-corrected chi connectivity index (χ1v) is 9.68. The number of hydrogen-bond donors (Lipinski definition) is 1. The molecule has 2 heterocycles. The van der Waals surface area contributed by atoms with Gasteiger partial charge in [-0.05, 0) is 47.5 Å². The quantitative estimate of drug-likeness (QED) is 0.736. The van der Waals surface area contributed by atoms with Crippen LogP contribution in [-0.4, -0.2) is 37.2 Å². The number of carbonyl (C=O) groups is 2. The number of thiophene rings is 1. The molecule has 0 fully saturated rings. The number of halogens is 1. The lowest BCUT2D eigenvalue weighted by molar-refractivity contribution is -0.139. The van der Waals surface area contributed by atoms with E-state index >= 15 is 0 Å². The number of rotatable bonds is 6. The van der Waals surface area contributed by atoms with Crippen LogP contribution in [0.15, 0.2) is 52.4 Å². The number of hydrogen-bond acceptors (Lipinski definition) is 5. The van der Waals surface area contributed by atoms with Gasteiger partial charge in [0.2, 0.25) is 0 Å². The van der Waals surface area contributed by atoms with Crippen LogP contribution < -0.4 is 10.1 Å². The third-order valence-electron chi connectivity index (χ3n) is 4.12. The van der Waals surface area contributed by atoms with Crippen LogP contribution in [0.25, 0.3) is 0 Å². The molecule has 1 N–H and O–H groups in total. The van der Waals surface area contributed by atoms with E-state index < -0.39 is 12.0 Å². The Morgan fingerprint density at radius 3 is 2.85 bits per heavy atom. The first-order chi connectivity index (χ1) is 13.0. The fraction of sp³-hybridized carbons (Fsp3) is 0.263. The van der Waals surface area contributed by atoms with Crippen LogP contribution in [0, 0.1) is 0 Å². The Morgan fingerprint density at radius 2 is 2.19 bits per heavy atom. The van der Waals surface area contributed by atoms with Crippen molar-refractivity contribution in [2.75, 3.05) is 20.3 Å². The van der Waals surface area contributed by atoms with E-state index in [2.05, 4.69) is 5.32 Å². The number of amides is 2. The number of ether oxygens (including phenoxy) is 2. The molecule has 1 aliphatic heterocycles. The highest BCUT2D eigenvalue weighted by Gasteiger charge is 2.37. The van der Waals surface area contributed by atoms with Gasteiger partial charge in [0.25, 0.3) is 0 Å². The average molecular weight is 407 g/mol. The largest absolute Gasteiger partial charge is 0.487 e. The van der Waals surface area contributed by atoms with Crippen LogP contribution >= 0.6 is 22.9 Å². The average Bonchev–Trinajstić information content (AvgIpc) is 3.17. The molecule has 142 valence electrons. The molecule has 1 aromatic heterocycles. The summed E-state index contributed by atoms with van der Waals surface area (Å²) in [5.74, 6) is 0.0647. The molecule has 3 rings (SSSR count). The molecule has 1 atom stereocenters. The highest BCUT2D eigenvalue weighted by Crippen LogP contribution is 2.32. The Balaban J connectivity index is 1.99. The Bertz CT molecular complexity index is 866. The fourth-order valence-corrected chi connectivity index (χ4v) is 3.65. The number of esters is 1. The zero-order chi connectivity index (χ0) is 19.4. The summed E-state index contributed by atoms with van der Waals surface area (Å²) in [6, 6.07) is 7.91. The lowest BCUT2D eigenvalue weighted by Crippen LogP contribution is -2.48. The molecular formula is C19H19ClN2O4S. The van der Waals surface area contributed by atoms with Crippen LogP contribution in [0.4, 0.5) is 4.79 Å². The molecule has 0 saturated heterocycles. The van der Waals surface area contributed by atoms with E-state index in [9.17, 15) is 9.59 Å². The molecule has 2 amide bonds. The molecule has 0 aliphatic carbocycles. The lowest BCUT2D eigenvalue weighted by Gasteiger charge is -2.34. The fourth-order valence-electron chi connectivity index (χ4n) is 2.78. The van der Waals surface area contributed by atoms with Crippen LogP contribution in [0.2, 0.25) is 5.02 Å². The van der Waals surface area contributed by atoms with Gasteiger partial charge in [-0.3, -0.25) is 4.90 Å². The second-order valence-electron chi connectivity index (χ2n) is 5.83. The maximum absolute atomic E-state index is 12.7. The normalized spacial score (nSPS) is 16.9. The molecule has 27 heavy (non-hydrogen) atoms. The van der Waals surface area contributed by atoms with Crippen molar-refractivity contribution < 1.29 is 19.1 Å². The Morgan fingerprint density at radius 1 is 1.37 bits per heavy atom. The number of urea groups is 1. The van der Waals surface area contributed by atoms with Gasteiger partial charge in [0.1, 0.15) is 12.4 Å². The minimum absolute atomic E-state index is 0.0268. The summed E-state index contributed by atoms with van der Waals surface area (Å²) in [6.45, 7) is 2.00. The smallest absolute Gasteiger partial charge is 0.338 e. The van der Waals surface area contributed by atoms with Gasteiger partial charge in [-0.2, -0.15) is 11.3 Å². The summed E-state index contributed by atoms with van der Waals surface area (Å²) < 4.78 is 11.0. The summed E-state index contributed by atoms with van der Waals surface area (Å²) in [5, 5.41) is 7.18. The van der Waals surface area contributed by atoms with E-state index in [4.69, 9.17) is 21.1 Å². The minimum Gasteiger partial charge on any atom is -0.487 e. The van der Waals surface area contributed by atoms with Gasteiger partial charge in [0.15, 0.2) is 0 Å². The van der Waals surface area contributed by atoms with Crippen molar-refractivity contribution in [1.82, 2.24) is 10.2 Å². The summed E-state index contributed by atoms with van der Waals surface area (Å²) in [6.07, 6.45) is 0. The maximum atomic E-state index is 12.7. The molecule has 0 saturated carbocycles. The molecule has 8 heteroatoms. The molecule has 0 radical (unpaired) electrons. The number of nitrogens with one attached hydrogen (secondary N) is 1. The SMILES string of the molecule is CCOC(=O)C1=C(COc2cccc(Cl)c2)N(C)C(=O)NC1c1ccsc1. The topological polar surface area (TPSA) is 67.9 Å². The van der Waals surface area contributed by atoms with E-state index in [0.29, 0.717) is 22.0 Å². The van der Waals surface area contributed by atoms with Gasteiger partial charge >= 0.3 is 12.0 Å². The highest BCUT2D eigenvalue weighted by molar-refractivity contribution is 7.08. The predicted octanol–water partition coefficient (Wildman–Crippen LogP) is 3.99. The van der Waals surface area contributed by atoms with Crippen LogP contribution in [-0.2, 0) is 9.53 Å². The Hall–Kier alpha value is -2.51. The molecule has 0 bridgehead atoms. The van der Waals surface area contributed by atoms with Gasteiger partial charge in [-0.1, -0.05) is 17.7 Å². The molecule has 1 unspecified atom stereocenters. The zero-order valence-corrected chi connectivity index (χ0v) is 16.5. The number of carbonyl (C=O) groups excluding carboxylic acids is 2. The van der Waals surface area contributed by atoms with Gasteiger partial charge in [0.05, 0.1) is 23.9 Å². The third-order valence-corrected chi connectivity index (χ3v) is 5.06. The van der Waals surface area contributed by atoms with Crippen LogP contribution in [0.1, 0.15) is 18.5 Å². The van der Waals surface area contributed by atoms with Gasteiger partial charge in [0, 0.05) is 12.1 Å². The monoisotopic (exact) mass is 406 g/mol. The minimum atomic E-state index is -0.586. The van der Waals surface area contributed by atoms with E-state index in [1.165, 1.54) is 16.2 Å². The Labute approximate surface area is 166 Å². The van der Waals surface area contributed by atoms with Crippen molar-refractivity contribution in [3.63, 3.8) is 0 Å². The van der Waals surface area contributed by atoms with Gasteiger partial charge in [-0.15, -0.1) is 0 Å². The molecule has 1 aromatic carbocycles. The van der Waals surface area contributed by atoms with Gasteiger partial charge < -0.3 is 14.8 Å². The van der Waals surface area contributed by atoms with Crippen molar-refractivity contribution in [2.24, 2.45) is 0 Å². The first-order valence-electron chi connectivity index (χ1n) is 8.36. The van der Waals surface area contributed by atoms with Crippen molar-refractivity contribution >= 4 is 34.9 Å². The summed E-state index contributed by atoms with van der Waals surface area (Å²) in [4.78, 5) is 26.5. The van der Waals surface area contributed by atoms with Crippen molar-refractivity contribution in [1.29, 1.82) is 0 Å². The number of likely N-dealkylation sites (N-methyl/N-ethyl adjacent to an activating group) is 1. The highest BCUT2D eigenvalue weighted by atomic mass is 35.5. The van der Waals surface area contributed by atoms with Crippen molar-refractivity contribution in [3.8, 4) is 5.75 Å². The van der Waals surface area contributed by atoms with Crippen molar-refractivity contribution in [3.05, 3.63) is 62.9 Å². The van der Waals surface area contributed by atoms with Crippen molar-refractivity contribution in [2.45, 2.75) is 13.0 Å².